The molecule has 90 valence electrons. The molecule has 3 nitrogen and oxygen atoms in total. The van der Waals surface area contributed by atoms with Crippen LogP contribution in [0.2, 0.25) is 0 Å². The van der Waals surface area contributed by atoms with E-state index < -0.39 is 5.92 Å². The molecule has 0 saturated carbocycles. The molecule has 0 aliphatic heterocycles. The van der Waals surface area contributed by atoms with Gasteiger partial charge in [-0.15, -0.1) is 0 Å². The van der Waals surface area contributed by atoms with E-state index in [-0.39, 0.29) is 5.56 Å². The van der Waals surface area contributed by atoms with Crippen molar-refractivity contribution in [2.45, 2.75) is 12.8 Å². The topological polar surface area (TPSA) is 27.1 Å². The molecule has 0 aliphatic rings. The van der Waals surface area contributed by atoms with Gasteiger partial charge in [-0.25, -0.2) is 13.5 Å². The summed E-state index contributed by atoms with van der Waals surface area (Å²) in [6.45, 7) is 0.844. The lowest BCUT2D eigenvalue weighted by molar-refractivity contribution is 0.0174. The van der Waals surface area contributed by atoms with E-state index >= 15 is 0 Å². The van der Waals surface area contributed by atoms with Gasteiger partial charge in [-0.1, -0.05) is 12.1 Å². The minimum Gasteiger partial charge on any atom is -0.494 e. The average molecular weight is 238 g/mol. The van der Waals surface area contributed by atoms with Crippen LogP contribution in [0.5, 0.6) is 5.75 Å². The monoisotopic (exact) mass is 238 g/mol. The second kappa shape index (κ2) is 4.16. The Morgan fingerprint density at radius 1 is 1.29 bits per heavy atom. The number of methoxy groups -OCH3 is 1. The van der Waals surface area contributed by atoms with Crippen LogP contribution in [0.4, 0.5) is 8.78 Å². The first kappa shape index (κ1) is 11.6. The Hall–Kier alpha value is -1.91. The van der Waals surface area contributed by atoms with Crippen molar-refractivity contribution in [2.75, 3.05) is 7.11 Å². The predicted octanol–water partition coefficient (Wildman–Crippen LogP) is 2.99. The number of benzene rings is 1. The maximum absolute atomic E-state index is 13.1. The van der Waals surface area contributed by atoms with E-state index in [1.807, 2.05) is 0 Å². The van der Waals surface area contributed by atoms with Crippen LogP contribution in [0, 0.1) is 0 Å². The number of para-hydroxylation sites is 2. The van der Waals surface area contributed by atoms with Crippen molar-refractivity contribution in [1.29, 1.82) is 0 Å². The first-order valence-electron chi connectivity index (χ1n) is 5.09. The highest BCUT2D eigenvalue weighted by molar-refractivity contribution is 5.46. The number of nitrogens with zero attached hydrogens (tertiary/aromatic N) is 2. The number of rotatable bonds is 3. The van der Waals surface area contributed by atoms with Gasteiger partial charge in [-0.05, 0) is 12.1 Å². The lowest BCUT2D eigenvalue weighted by Crippen LogP contribution is -2.05. The van der Waals surface area contributed by atoms with Crippen molar-refractivity contribution in [3.05, 3.63) is 42.2 Å². The highest BCUT2D eigenvalue weighted by Gasteiger charge is 2.26. The molecule has 5 heteroatoms. The van der Waals surface area contributed by atoms with Gasteiger partial charge in [0.1, 0.15) is 11.4 Å². The largest absolute Gasteiger partial charge is 0.494 e. The Labute approximate surface area is 97.6 Å². The number of halogens is 2. The molecular weight excluding hydrogens is 226 g/mol. The Kier molecular flexibility index (Phi) is 2.83. The Balaban J connectivity index is 2.44. The predicted molar refractivity (Wildman–Crippen MR) is 59.7 cm³/mol. The quantitative estimate of drug-likeness (QED) is 0.821. The van der Waals surface area contributed by atoms with Crippen LogP contribution in [0.3, 0.4) is 0 Å². The minimum absolute atomic E-state index is 0.122. The van der Waals surface area contributed by atoms with Crippen molar-refractivity contribution in [3.8, 4) is 11.4 Å². The number of hydrogen-bond donors (Lipinski definition) is 0. The van der Waals surface area contributed by atoms with Gasteiger partial charge >= 0.3 is 0 Å². The second-order valence-corrected chi connectivity index (χ2v) is 3.73. The van der Waals surface area contributed by atoms with Crippen molar-refractivity contribution in [3.63, 3.8) is 0 Å². The lowest BCUT2D eigenvalue weighted by atomic mass is 10.2. The zero-order chi connectivity index (χ0) is 12.5. The fourth-order valence-electron chi connectivity index (χ4n) is 1.50. The molecule has 0 bridgehead atoms. The molecule has 1 aromatic carbocycles. The summed E-state index contributed by atoms with van der Waals surface area (Å²) in [5.41, 5.74) is 0.508. The Morgan fingerprint density at radius 3 is 2.59 bits per heavy atom. The van der Waals surface area contributed by atoms with Gasteiger partial charge < -0.3 is 4.74 Å². The first-order valence-corrected chi connectivity index (χ1v) is 5.09. The maximum atomic E-state index is 13.1. The number of alkyl halides is 2. The molecule has 0 radical (unpaired) electrons. The molecule has 2 rings (SSSR count). The van der Waals surface area contributed by atoms with E-state index in [9.17, 15) is 8.78 Å². The summed E-state index contributed by atoms with van der Waals surface area (Å²) in [5.74, 6) is -2.30. The summed E-state index contributed by atoms with van der Waals surface area (Å²) in [7, 11) is 1.53. The Morgan fingerprint density at radius 2 is 2.00 bits per heavy atom. The van der Waals surface area contributed by atoms with Crippen LogP contribution in [0.25, 0.3) is 5.69 Å². The third-order valence-corrected chi connectivity index (χ3v) is 2.42. The van der Waals surface area contributed by atoms with Gasteiger partial charge in [-0.2, -0.15) is 5.10 Å². The molecule has 0 saturated heterocycles. The summed E-state index contributed by atoms with van der Waals surface area (Å²) in [6, 6.07) is 7.11. The average Bonchev–Trinajstić information content (AvgIpc) is 2.77. The molecule has 0 fully saturated rings. The molecule has 0 aliphatic carbocycles. The number of aromatic nitrogens is 2. The Bertz CT molecular complexity index is 517. The third-order valence-electron chi connectivity index (χ3n) is 2.42. The molecule has 0 unspecified atom stereocenters. The van der Waals surface area contributed by atoms with Gasteiger partial charge in [0, 0.05) is 13.1 Å². The molecule has 1 aromatic heterocycles. The molecule has 0 N–H and O–H groups in total. The molecule has 0 amide bonds. The summed E-state index contributed by atoms with van der Waals surface area (Å²) in [4.78, 5) is 0. The van der Waals surface area contributed by atoms with E-state index in [4.69, 9.17) is 4.74 Å². The van der Waals surface area contributed by atoms with Gasteiger partial charge in [0.25, 0.3) is 5.92 Å². The van der Waals surface area contributed by atoms with Gasteiger partial charge in [0.15, 0.2) is 0 Å². The maximum Gasteiger partial charge on any atom is 0.273 e. The van der Waals surface area contributed by atoms with Gasteiger partial charge in [0.2, 0.25) is 0 Å². The van der Waals surface area contributed by atoms with Crippen LogP contribution < -0.4 is 4.74 Å². The highest BCUT2D eigenvalue weighted by Crippen LogP contribution is 2.28. The van der Waals surface area contributed by atoms with E-state index in [1.54, 1.807) is 24.3 Å². The van der Waals surface area contributed by atoms with Crippen LogP contribution >= 0.6 is 0 Å². The van der Waals surface area contributed by atoms with E-state index in [2.05, 4.69) is 5.10 Å². The van der Waals surface area contributed by atoms with E-state index in [0.29, 0.717) is 11.4 Å². The minimum atomic E-state index is -2.89. The van der Waals surface area contributed by atoms with Gasteiger partial charge in [0.05, 0.1) is 18.9 Å². The van der Waals surface area contributed by atoms with Crippen molar-refractivity contribution in [1.82, 2.24) is 9.78 Å². The smallest absolute Gasteiger partial charge is 0.273 e. The molecule has 0 atom stereocenters. The second-order valence-electron chi connectivity index (χ2n) is 3.73. The molecule has 2 aromatic rings. The summed E-state index contributed by atoms with van der Waals surface area (Å²) < 4.78 is 32.7. The highest BCUT2D eigenvalue weighted by atomic mass is 19.3. The lowest BCUT2D eigenvalue weighted by Gasteiger charge is -2.08. The molecule has 17 heavy (non-hydrogen) atoms. The fourth-order valence-corrected chi connectivity index (χ4v) is 1.50. The third kappa shape index (κ3) is 2.27. The van der Waals surface area contributed by atoms with E-state index in [1.165, 1.54) is 18.0 Å². The number of hydrogen-bond acceptors (Lipinski definition) is 2. The van der Waals surface area contributed by atoms with Crippen molar-refractivity contribution < 1.29 is 13.5 Å². The zero-order valence-corrected chi connectivity index (χ0v) is 9.52. The summed E-state index contributed by atoms with van der Waals surface area (Å²) >= 11 is 0. The zero-order valence-electron chi connectivity index (χ0n) is 9.52. The van der Waals surface area contributed by atoms with Crippen LogP contribution in [-0.4, -0.2) is 16.9 Å². The fraction of sp³-hybridized carbons (Fsp3) is 0.250. The normalized spacial score (nSPS) is 11.5. The summed E-state index contributed by atoms with van der Waals surface area (Å²) in [6.07, 6.45) is 2.46. The van der Waals surface area contributed by atoms with Crippen molar-refractivity contribution in [2.24, 2.45) is 0 Å². The SMILES string of the molecule is COc1ccccc1-n1cc(C(C)(F)F)cn1. The van der Waals surface area contributed by atoms with Crippen LogP contribution in [-0.2, 0) is 5.92 Å². The van der Waals surface area contributed by atoms with Crippen LogP contribution in [0.1, 0.15) is 12.5 Å². The first-order chi connectivity index (χ1) is 8.02. The number of ether oxygens (including phenoxy) is 1. The van der Waals surface area contributed by atoms with Gasteiger partial charge in [-0.3, -0.25) is 0 Å². The molecule has 1 heterocycles. The molecular formula is C12H12F2N2O. The van der Waals surface area contributed by atoms with Crippen molar-refractivity contribution >= 4 is 0 Å². The molecule has 0 spiro atoms. The standard InChI is InChI=1S/C12H12F2N2O/c1-12(13,14)9-7-15-16(8-9)10-5-3-4-6-11(10)17-2/h3-8H,1-2H3. The van der Waals surface area contributed by atoms with E-state index in [0.717, 1.165) is 13.1 Å². The summed E-state index contributed by atoms with van der Waals surface area (Å²) in [5, 5.41) is 3.92. The van der Waals surface area contributed by atoms with Crippen LogP contribution in [0.15, 0.2) is 36.7 Å².